The van der Waals surface area contributed by atoms with E-state index in [1.54, 1.807) is 0 Å². The van der Waals surface area contributed by atoms with E-state index < -0.39 is 0 Å². The summed E-state index contributed by atoms with van der Waals surface area (Å²) in [4.78, 5) is 0. The maximum Gasteiger partial charge on any atom is 0.0206 e. The lowest BCUT2D eigenvalue weighted by atomic mass is 10.3. The zero-order chi connectivity index (χ0) is 5.91. The molecule has 0 aromatic heterocycles. The standard InChI is InChI=1S/C6H13Si/c1-5-7-6(2,3)4/h5H,1-4H3. The molecule has 0 spiro atoms. The zero-order valence-electron chi connectivity index (χ0n) is 5.58. The normalized spacial score (nSPS) is 13.1. The first-order valence-electron chi connectivity index (χ1n) is 2.62. The van der Waals surface area contributed by atoms with Gasteiger partial charge in [0.1, 0.15) is 0 Å². The van der Waals surface area contributed by atoms with Crippen LogP contribution in [0.2, 0.25) is 5.04 Å². The molecule has 0 heterocycles. The Morgan fingerprint density at radius 1 is 1.29 bits per heavy atom. The van der Waals surface area contributed by atoms with Crippen molar-refractivity contribution in [2.75, 3.05) is 0 Å². The summed E-state index contributed by atoms with van der Waals surface area (Å²) in [5.41, 5.74) is 2.24. The Labute approximate surface area is 48.4 Å². The summed E-state index contributed by atoms with van der Waals surface area (Å²) in [7, 11) is 0.999. The third-order valence-corrected chi connectivity index (χ3v) is 1.73. The van der Waals surface area contributed by atoms with Gasteiger partial charge in [-0.1, -0.05) is 27.7 Å². The Balaban J connectivity index is 3.56. The second-order valence-corrected chi connectivity index (χ2v) is 5.05. The third-order valence-electron chi connectivity index (χ3n) is 0.577. The van der Waals surface area contributed by atoms with Gasteiger partial charge in [-0.15, -0.1) is 5.67 Å². The monoisotopic (exact) mass is 113 g/mol. The van der Waals surface area contributed by atoms with Crippen molar-refractivity contribution in [2.24, 2.45) is 0 Å². The van der Waals surface area contributed by atoms with Crippen LogP contribution in [0.5, 0.6) is 0 Å². The van der Waals surface area contributed by atoms with Crippen molar-refractivity contribution in [3.05, 3.63) is 0 Å². The van der Waals surface area contributed by atoms with Gasteiger partial charge in [0.05, 0.1) is 0 Å². The highest BCUT2D eigenvalue weighted by molar-refractivity contribution is 6.49. The fourth-order valence-electron chi connectivity index (χ4n) is 0.433. The molecule has 0 fully saturated rings. The van der Waals surface area contributed by atoms with Gasteiger partial charge in [-0.3, -0.25) is 0 Å². The molecule has 7 heavy (non-hydrogen) atoms. The van der Waals surface area contributed by atoms with Crippen molar-refractivity contribution >= 4 is 14.8 Å². The molecule has 1 radical (unpaired) electrons. The predicted molar refractivity (Wildman–Crippen MR) is 37.2 cm³/mol. The molecule has 1 heteroatoms. The van der Waals surface area contributed by atoms with E-state index in [1.165, 1.54) is 0 Å². The van der Waals surface area contributed by atoms with Gasteiger partial charge in [0.25, 0.3) is 0 Å². The van der Waals surface area contributed by atoms with E-state index in [4.69, 9.17) is 0 Å². The first kappa shape index (κ1) is 7.09. The molecule has 41 valence electrons. The van der Waals surface area contributed by atoms with E-state index in [0.29, 0.717) is 5.04 Å². The molecular weight excluding hydrogens is 100 g/mol. The van der Waals surface area contributed by atoms with Gasteiger partial charge >= 0.3 is 0 Å². The molecule has 0 saturated carbocycles. The molecule has 0 unspecified atom stereocenters. The van der Waals surface area contributed by atoms with Crippen molar-refractivity contribution in [3.63, 3.8) is 0 Å². The topological polar surface area (TPSA) is 0 Å². The predicted octanol–water partition coefficient (Wildman–Crippen LogP) is 1.73. The molecule has 0 aliphatic carbocycles. The molecule has 0 amide bonds. The van der Waals surface area contributed by atoms with Gasteiger partial charge in [-0.25, -0.2) is 0 Å². The van der Waals surface area contributed by atoms with Crippen LogP contribution >= 0.6 is 0 Å². The minimum atomic E-state index is 0.523. The summed E-state index contributed by atoms with van der Waals surface area (Å²) < 4.78 is 0. The lowest BCUT2D eigenvalue weighted by molar-refractivity contribution is 0.764. The van der Waals surface area contributed by atoms with Gasteiger partial charge < -0.3 is 0 Å². The summed E-state index contributed by atoms with van der Waals surface area (Å²) >= 11 is 0. The van der Waals surface area contributed by atoms with Crippen molar-refractivity contribution in [3.8, 4) is 0 Å². The third kappa shape index (κ3) is 6.09. The quantitative estimate of drug-likeness (QED) is 0.420. The van der Waals surface area contributed by atoms with E-state index >= 15 is 0 Å². The van der Waals surface area contributed by atoms with Gasteiger partial charge in [-0.05, 0) is 5.04 Å². The minimum Gasteiger partial charge on any atom is -0.106 e. The highest BCUT2D eigenvalue weighted by atomic mass is 28.2. The smallest absolute Gasteiger partial charge is 0.0206 e. The molecule has 0 N–H and O–H groups in total. The van der Waals surface area contributed by atoms with E-state index in [2.05, 4.69) is 33.4 Å². The molecule has 0 aliphatic rings. The average molecular weight is 113 g/mol. The molecule has 0 aromatic rings. The largest absolute Gasteiger partial charge is 0.106 e. The SMILES string of the molecule is CC=[Si]C(C)(C)C. The maximum atomic E-state index is 2.26. The van der Waals surface area contributed by atoms with Crippen LogP contribution in [-0.2, 0) is 0 Å². The number of hydrogen-bond acceptors (Lipinski definition) is 0. The fraction of sp³-hybridized carbons (Fsp3) is 0.833. The molecule has 0 aliphatic heterocycles. The summed E-state index contributed by atoms with van der Waals surface area (Å²) in [6.07, 6.45) is 0. The lowest BCUT2D eigenvalue weighted by Crippen LogP contribution is -2.00. The summed E-state index contributed by atoms with van der Waals surface area (Å²) in [5.74, 6) is 0. The summed E-state index contributed by atoms with van der Waals surface area (Å²) in [6, 6.07) is 0. The Hall–Kier alpha value is 0.0869. The Morgan fingerprint density at radius 3 is 1.71 bits per heavy atom. The van der Waals surface area contributed by atoms with Crippen molar-refractivity contribution in [2.45, 2.75) is 32.7 Å². The summed E-state index contributed by atoms with van der Waals surface area (Å²) in [6.45, 7) is 8.88. The van der Waals surface area contributed by atoms with E-state index in [-0.39, 0.29) is 0 Å². The zero-order valence-corrected chi connectivity index (χ0v) is 6.58. The molecular formula is C6H13Si. The van der Waals surface area contributed by atoms with Crippen molar-refractivity contribution in [1.82, 2.24) is 0 Å². The maximum absolute atomic E-state index is 2.26. The van der Waals surface area contributed by atoms with E-state index in [1.807, 2.05) is 0 Å². The first-order valence-corrected chi connectivity index (χ1v) is 3.69. The van der Waals surface area contributed by atoms with Gasteiger partial charge in [0, 0.05) is 9.13 Å². The van der Waals surface area contributed by atoms with Gasteiger partial charge in [0.2, 0.25) is 0 Å². The van der Waals surface area contributed by atoms with Crippen molar-refractivity contribution < 1.29 is 0 Å². The van der Waals surface area contributed by atoms with Crippen molar-refractivity contribution in [1.29, 1.82) is 0 Å². The molecule has 0 nitrogen and oxygen atoms in total. The highest BCUT2D eigenvalue weighted by Gasteiger charge is 2.01. The number of rotatable bonds is 0. The summed E-state index contributed by atoms with van der Waals surface area (Å²) in [5, 5.41) is 0.523. The average Bonchev–Trinajstić information content (AvgIpc) is 1.30. The van der Waals surface area contributed by atoms with Crippen LogP contribution in [-0.4, -0.2) is 14.8 Å². The van der Waals surface area contributed by atoms with Crippen LogP contribution in [0.25, 0.3) is 0 Å². The Bertz CT molecular complexity index is 66.7. The van der Waals surface area contributed by atoms with Crippen LogP contribution in [0, 0.1) is 0 Å². The van der Waals surface area contributed by atoms with Crippen LogP contribution in [0.1, 0.15) is 27.7 Å². The Morgan fingerprint density at radius 2 is 1.71 bits per heavy atom. The van der Waals surface area contributed by atoms with Crippen LogP contribution in [0.3, 0.4) is 0 Å². The van der Waals surface area contributed by atoms with Gasteiger partial charge in [-0.2, -0.15) is 0 Å². The first-order chi connectivity index (χ1) is 3.06. The second kappa shape index (κ2) is 2.41. The van der Waals surface area contributed by atoms with E-state index in [9.17, 15) is 0 Å². The van der Waals surface area contributed by atoms with Gasteiger partial charge in [0.15, 0.2) is 0 Å². The van der Waals surface area contributed by atoms with Crippen LogP contribution in [0.15, 0.2) is 0 Å². The second-order valence-electron chi connectivity index (χ2n) is 2.68. The van der Waals surface area contributed by atoms with Crippen LogP contribution in [0.4, 0.5) is 0 Å². The Kier molecular flexibility index (Phi) is 2.44. The van der Waals surface area contributed by atoms with Crippen LogP contribution < -0.4 is 0 Å². The minimum absolute atomic E-state index is 0.523. The fourth-order valence-corrected chi connectivity index (χ4v) is 1.30. The highest BCUT2D eigenvalue weighted by Crippen LogP contribution is 2.15. The molecule has 0 atom stereocenters. The number of hydrogen-bond donors (Lipinski definition) is 0. The van der Waals surface area contributed by atoms with E-state index in [0.717, 1.165) is 9.13 Å². The molecule has 0 saturated heterocycles. The lowest BCUT2D eigenvalue weighted by Gasteiger charge is -2.08. The molecule has 0 bridgehead atoms. The molecule has 0 rings (SSSR count). The molecule has 0 aromatic carbocycles.